The van der Waals surface area contributed by atoms with E-state index in [0.717, 1.165) is 61.2 Å². The van der Waals surface area contributed by atoms with Gasteiger partial charge in [0.1, 0.15) is 18.0 Å². The standard InChI is InChI=1S/C25H27N3O3/c29-24-26-18-25(31-24)12-15-28(16-13-25)14-11-19-5-9-22(10-6-19)30-17-21-8-7-20-3-1-2-4-23(20)27-21/h1-10H,11-18H2,(H,26,29). The fourth-order valence-corrected chi connectivity index (χ4v) is 4.35. The highest BCUT2D eigenvalue weighted by molar-refractivity contribution is 5.78. The molecule has 160 valence electrons. The summed E-state index contributed by atoms with van der Waals surface area (Å²) < 4.78 is 11.4. The third-order valence-corrected chi connectivity index (χ3v) is 6.31. The number of amides is 1. The SMILES string of the molecule is O=C1NCC2(CCN(CCc3ccc(OCc4ccc5ccccc5n4)cc3)CC2)O1. The van der Waals surface area contributed by atoms with Crippen molar-refractivity contribution < 1.29 is 14.3 Å². The summed E-state index contributed by atoms with van der Waals surface area (Å²) in [6.45, 7) is 4.05. The summed E-state index contributed by atoms with van der Waals surface area (Å²) in [5, 5.41) is 3.93. The first-order chi connectivity index (χ1) is 15.2. The molecule has 2 aromatic carbocycles. The minimum atomic E-state index is -0.271. The van der Waals surface area contributed by atoms with Crippen molar-refractivity contribution in [2.45, 2.75) is 31.5 Å². The highest BCUT2D eigenvalue weighted by Gasteiger charge is 2.42. The second kappa shape index (κ2) is 8.55. The van der Waals surface area contributed by atoms with Gasteiger partial charge in [0.15, 0.2) is 0 Å². The van der Waals surface area contributed by atoms with Gasteiger partial charge < -0.3 is 19.7 Å². The Balaban J connectivity index is 1.09. The van der Waals surface area contributed by atoms with Crippen molar-refractivity contribution in [2.75, 3.05) is 26.2 Å². The number of alkyl carbamates (subject to hydrolysis) is 1. The molecule has 1 N–H and O–H groups in total. The first kappa shape index (κ1) is 19.8. The number of aromatic nitrogens is 1. The van der Waals surface area contributed by atoms with Gasteiger partial charge in [-0.1, -0.05) is 36.4 Å². The van der Waals surface area contributed by atoms with Gasteiger partial charge in [-0.25, -0.2) is 9.78 Å². The highest BCUT2D eigenvalue weighted by Crippen LogP contribution is 2.29. The van der Waals surface area contributed by atoms with Crippen molar-refractivity contribution in [3.63, 3.8) is 0 Å². The first-order valence-corrected chi connectivity index (χ1v) is 10.9. The summed E-state index contributed by atoms with van der Waals surface area (Å²) in [4.78, 5) is 18.5. The van der Waals surface area contributed by atoms with E-state index in [4.69, 9.17) is 9.47 Å². The molecule has 31 heavy (non-hydrogen) atoms. The number of hydrogen-bond acceptors (Lipinski definition) is 5. The number of carbonyl (C=O) groups excluding carboxylic acids is 1. The van der Waals surface area contributed by atoms with Gasteiger partial charge in [-0.3, -0.25) is 0 Å². The average Bonchev–Trinajstić information content (AvgIpc) is 3.18. The van der Waals surface area contributed by atoms with Gasteiger partial charge in [0.2, 0.25) is 0 Å². The molecule has 0 aliphatic carbocycles. The van der Waals surface area contributed by atoms with Crippen LogP contribution in [0.5, 0.6) is 5.75 Å². The predicted octanol–water partition coefficient (Wildman–Crippen LogP) is 3.93. The number of benzene rings is 2. The van der Waals surface area contributed by atoms with Gasteiger partial charge in [0.25, 0.3) is 0 Å². The second-order valence-corrected chi connectivity index (χ2v) is 8.45. The first-order valence-electron chi connectivity index (χ1n) is 10.9. The predicted molar refractivity (Wildman–Crippen MR) is 119 cm³/mol. The fraction of sp³-hybridized carbons (Fsp3) is 0.360. The van der Waals surface area contributed by atoms with Crippen molar-refractivity contribution >= 4 is 17.0 Å². The van der Waals surface area contributed by atoms with Crippen LogP contribution in [0.4, 0.5) is 4.79 Å². The number of nitrogens with one attached hydrogen (secondary N) is 1. The molecular weight excluding hydrogens is 390 g/mol. The molecule has 0 radical (unpaired) electrons. The monoisotopic (exact) mass is 417 g/mol. The van der Waals surface area contributed by atoms with Gasteiger partial charge in [-0.05, 0) is 36.2 Å². The maximum absolute atomic E-state index is 11.4. The molecular formula is C25H27N3O3. The molecule has 2 fully saturated rings. The third-order valence-electron chi connectivity index (χ3n) is 6.31. The second-order valence-electron chi connectivity index (χ2n) is 8.45. The molecule has 0 unspecified atom stereocenters. The number of ether oxygens (including phenoxy) is 2. The smallest absolute Gasteiger partial charge is 0.407 e. The van der Waals surface area contributed by atoms with E-state index < -0.39 is 0 Å². The molecule has 2 aliphatic heterocycles. The Kier molecular flexibility index (Phi) is 5.47. The van der Waals surface area contributed by atoms with E-state index in [2.05, 4.69) is 39.5 Å². The fourth-order valence-electron chi connectivity index (χ4n) is 4.35. The maximum Gasteiger partial charge on any atom is 0.407 e. The number of para-hydroxylation sites is 1. The van der Waals surface area contributed by atoms with Crippen LogP contribution in [-0.2, 0) is 17.8 Å². The lowest BCUT2D eigenvalue weighted by atomic mass is 9.91. The number of likely N-dealkylation sites (tertiary alicyclic amines) is 1. The van der Waals surface area contributed by atoms with E-state index in [1.807, 2.05) is 36.4 Å². The maximum atomic E-state index is 11.4. The summed E-state index contributed by atoms with van der Waals surface area (Å²) in [7, 11) is 0. The van der Waals surface area contributed by atoms with Crippen LogP contribution in [0.15, 0.2) is 60.7 Å². The molecule has 2 saturated heterocycles. The van der Waals surface area contributed by atoms with Gasteiger partial charge in [0, 0.05) is 37.9 Å². The number of piperidine rings is 1. The molecule has 0 atom stereocenters. The normalized spacial score (nSPS) is 18.1. The lowest BCUT2D eigenvalue weighted by Crippen LogP contribution is -2.47. The number of nitrogens with zero attached hydrogens (tertiary/aromatic N) is 2. The zero-order chi connectivity index (χ0) is 21.1. The van der Waals surface area contributed by atoms with E-state index in [1.54, 1.807) is 0 Å². The Labute approximate surface area is 182 Å². The lowest BCUT2D eigenvalue weighted by molar-refractivity contribution is 0.00123. The van der Waals surface area contributed by atoms with Crippen molar-refractivity contribution in [3.05, 3.63) is 71.9 Å². The Hall–Kier alpha value is -3.12. The molecule has 3 aromatic rings. The highest BCUT2D eigenvalue weighted by atomic mass is 16.6. The van der Waals surface area contributed by atoms with Crippen LogP contribution < -0.4 is 10.1 Å². The molecule has 3 heterocycles. The largest absolute Gasteiger partial charge is 0.487 e. The van der Waals surface area contributed by atoms with E-state index in [-0.39, 0.29) is 11.7 Å². The number of carbonyl (C=O) groups is 1. The van der Waals surface area contributed by atoms with Crippen LogP contribution in [0.25, 0.3) is 10.9 Å². The van der Waals surface area contributed by atoms with Gasteiger partial charge in [-0.15, -0.1) is 0 Å². The summed E-state index contributed by atoms with van der Waals surface area (Å²) in [5.74, 6) is 0.856. The summed E-state index contributed by atoms with van der Waals surface area (Å²) in [5.41, 5.74) is 2.94. The zero-order valence-electron chi connectivity index (χ0n) is 17.5. The summed E-state index contributed by atoms with van der Waals surface area (Å²) in [6, 6.07) is 20.5. The Morgan fingerprint density at radius 3 is 2.61 bits per heavy atom. The molecule has 1 amide bonds. The van der Waals surface area contributed by atoms with Crippen LogP contribution in [0, 0.1) is 0 Å². The molecule has 6 heteroatoms. The van der Waals surface area contributed by atoms with Gasteiger partial charge in [0.05, 0.1) is 17.8 Å². The van der Waals surface area contributed by atoms with Crippen molar-refractivity contribution in [3.8, 4) is 5.75 Å². The van der Waals surface area contributed by atoms with Crippen LogP contribution >= 0.6 is 0 Å². The quantitative estimate of drug-likeness (QED) is 0.658. The average molecular weight is 418 g/mol. The minimum absolute atomic E-state index is 0.271. The number of hydrogen-bond donors (Lipinski definition) is 1. The Morgan fingerprint density at radius 2 is 1.84 bits per heavy atom. The van der Waals surface area contributed by atoms with E-state index in [0.29, 0.717) is 13.2 Å². The van der Waals surface area contributed by atoms with E-state index in [1.165, 1.54) is 5.56 Å². The van der Waals surface area contributed by atoms with Crippen molar-refractivity contribution in [1.82, 2.24) is 15.2 Å². The number of pyridine rings is 1. The van der Waals surface area contributed by atoms with Crippen LogP contribution in [0.2, 0.25) is 0 Å². The van der Waals surface area contributed by atoms with Gasteiger partial charge >= 0.3 is 6.09 Å². The van der Waals surface area contributed by atoms with Crippen LogP contribution in [0.1, 0.15) is 24.1 Å². The molecule has 5 rings (SSSR count). The Morgan fingerprint density at radius 1 is 1.03 bits per heavy atom. The van der Waals surface area contributed by atoms with Crippen molar-refractivity contribution in [1.29, 1.82) is 0 Å². The van der Waals surface area contributed by atoms with E-state index in [9.17, 15) is 4.79 Å². The Bertz CT molecular complexity index is 1060. The summed E-state index contributed by atoms with van der Waals surface area (Å²) in [6.07, 6.45) is 2.53. The molecule has 2 aliphatic rings. The lowest BCUT2D eigenvalue weighted by Gasteiger charge is -2.37. The van der Waals surface area contributed by atoms with Crippen LogP contribution in [-0.4, -0.2) is 47.8 Å². The molecule has 0 bridgehead atoms. The van der Waals surface area contributed by atoms with Crippen LogP contribution in [0.3, 0.4) is 0 Å². The minimum Gasteiger partial charge on any atom is -0.487 e. The third kappa shape index (κ3) is 4.64. The molecule has 6 nitrogen and oxygen atoms in total. The zero-order valence-corrected chi connectivity index (χ0v) is 17.5. The topological polar surface area (TPSA) is 63.7 Å². The molecule has 0 saturated carbocycles. The number of rotatable bonds is 6. The van der Waals surface area contributed by atoms with Gasteiger partial charge in [-0.2, -0.15) is 0 Å². The summed E-state index contributed by atoms with van der Waals surface area (Å²) >= 11 is 0. The van der Waals surface area contributed by atoms with E-state index >= 15 is 0 Å². The number of fused-ring (bicyclic) bond motifs is 1. The molecule has 1 spiro atoms. The molecule has 1 aromatic heterocycles. The van der Waals surface area contributed by atoms with Crippen molar-refractivity contribution in [2.24, 2.45) is 0 Å².